The molecule has 0 amide bonds. The van der Waals surface area contributed by atoms with Gasteiger partial charge >= 0.3 is 0 Å². The Morgan fingerprint density at radius 1 is 1.06 bits per heavy atom. The van der Waals surface area contributed by atoms with Gasteiger partial charge in [0.15, 0.2) is 0 Å². The number of nitrogens with zero attached hydrogens (tertiary/aromatic N) is 1. The first-order valence-electron chi connectivity index (χ1n) is 5.97. The summed E-state index contributed by atoms with van der Waals surface area (Å²) in [7, 11) is 1.65. The van der Waals surface area contributed by atoms with E-state index in [-0.39, 0.29) is 0 Å². The lowest BCUT2D eigenvalue weighted by atomic mass is 9.98. The van der Waals surface area contributed by atoms with Gasteiger partial charge in [-0.25, -0.2) is 0 Å². The zero-order valence-corrected chi connectivity index (χ0v) is 10.9. The fourth-order valence-corrected chi connectivity index (χ4v) is 1.22. The Balaban J connectivity index is 3.12. The van der Waals surface area contributed by atoms with Crippen LogP contribution in [0.15, 0.2) is 0 Å². The van der Waals surface area contributed by atoms with E-state index >= 15 is 0 Å². The van der Waals surface area contributed by atoms with Crippen molar-refractivity contribution >= 4 is 0 Å². The number of unbranched alkanes of at least 4 members (excludes halogenated alkanes) is 1. The van der Waals surface area contributed by atoms with Crippen LogP contribution in [0.2, 0.25) is 0 Å². The largest absolute Gasteiger partial charge is 0.382 e. The molecule has 0 radical (unpaired) electrons. The van der Waals surface area contributed by atoms with E-state index < -0.39 is 5.54 Å². The van der Waals surface area contributed by atoms with Gasteiger partial charge in [0.2, 0.25) is 0 Å². The summed E-state index contributed by atoms with van der Waals surface area (Å²) in [5, 5.41) is 8.70. The second-order valence-electron chi connectivity index (χ2n) is 4.20. The van der Waals surface area contributed by atoms with E-state index in [1.54, 1.807) is 14.0 Å². The van der Waals surface area contributed by atoms with Crippen molar-refractivity contribution in [2.75, 3.05) is 40.1 Å². The molecule has 0 saturated heterocycles. The zero-order chi connectivity index (χ0) is 13.0. The highest BCUT2D eigenvalue weighted by molar-refractivity contribution is 5.00. The minimum Gasteiger partial charge on any atom is -0.382 e. The van der Waals surface area contributed by atoms with Gasteiger partial charge in [-0.1, -0.05) is 0 Å². The van der Waals surface area contributed by atoms with Gasteiger partial charge in [0.1, 0.15) is 5.54 Å². The molecule has 0 aromatic carbocycles. The molecule has 0 aliphatic rings. The summed E-state index contributed by atoms with van der Waals surface area (Å²) in [4.78, 5) is 0. The normalized spacial score (nSPS) is 14.2. The molecule has 0 aliphatic heterocycles. The van der Waals surface area contributed by atoms with Crippen LogP contribution in [0.25, 0.3) is 0 Å². The van der Waals surface area contributed by atoms with Crippen LogP contribution in [0.5, 0.6) is 0 Å². The average molecular weight is 244 g/mol. The van der Waals surface area contributed by atoms with Gasteiger partial charge in [-0.3, -0.25) is 0 Å². The van der Waals surface area contributed by atoms with Crippen LogP contribution in [-0.2, 0) is 14.2 Å². The van der Waals surface area contributed by atoms with Crippen molar-refractivity contribution in [3.63, 3.8) is 0 Å². The molecule has 1 atom stereocenters. The van der Waals surface area contributed by atoms with Crippen LogP contribution in [0.4, 0.5) is 0 Å². The quantitative estimate of drug-likeness (QED) is 0.550. The first kappa shape index (κ1) is 16.3. The summed E-state index contributed by atoms with van der Waals surface area (Å²) in [5.41, 5.74) is 4.99. The van der Waals surface area contributed by atoms with Crippen molar-refractivity contribution in [3.8, 4) is 6.07 Å². The lowest BCUT2D eigenvalue weighted by Gasteiger charge is -2.14. The zero-order valence-electron chi connectivity index (χ0n) is 10.9. The van der Waals surface area contributed by atoms with Gasteiger partial charge in [-0.15, -0.1) is 0 Å². The number of rotatable bonds is 11. The van der Waals surface area contributed by atoms with Crippen molar-refractivity contribution in [3.05, 3.63) is 0 Å². The summed E-state index contributed by atoms with van der Waals surface area (Å²) in [6.45, 7) is 4.85. The highest BCUT2D eigenvalue weighted by Gasteiger charge is 2.15. The number of nitriles is 1. The molecule has 0 spiro atoms. The third kappa shape index (κ3) is 11.6. The van der Waals surface area contributed by atoms with Gasteiger partial charge in [0.05, 0.1) is 32.5 Å². The Morgan fingerprint density at radius 2 is 1.65 bits per heavy atom. The van der Waals surface area contributed by atoms with Crippen LogP contribution < -0.4 is 5.73 Å². The molecule has 2 N–H and O–H groups in total. The van der Waals surface area contributed by atoms with Gasteiger partial charge in [0.25, 0.3) is 0 Å². The third-order valence-electron chi connectivity index (χ3n) is 2.29. The summed E-state index contributed by atoms with van der Waals surface area (Å²) in [6.07, 6.45) is 2.54. The molecule has 0 bridgehead atoms. The van der Waals surface area contributed by atoms with Crippen molar-refractivity contribution in [1.82, 2.24) is 0 Å². The molecule has 0 aromatic heterocycles. The first-order valence-corrected chi connectivity index (χ1v) is 5.97. The van der Waals surface area contributed by atoms with Crippen molar-refractivity contribution in [2.45, 2.75) is 31.7 Å². The van der Waals surface area contributed by atoms with E-state index in [2.05, 4.69) is 6.07 Å². The Kier molecular flexibility index (Phi) is 10.1. The van der Waals surface area contributed by atoms with Gasteiger partial charge in [0, 0.05) is 13.7 Å². The molecular weight excluding hydrogens is 220 g/mol. The van der Waals surface area contributed by atoms with Crippen molar-refractivity contribution in [2.24, 2.45) is 5.73 Å². The van der Waals surface area contributed by atoms with Crippen LogP contribution in [0.3, 0.4) is 0 Å². The topological polar surface area (TPSA) is 77.5 Å². The fourth-order valence-electron chi connectivity index (χ4n) is 1.22. The molecule has 0 rings (SSSR count). The number of nitrogens with two attached hydrogens (primary N) is 1. The molecule has 0 aliphatic carbocycles. The van der Waals surface area contributed by atoms with E-state index in [0.29, 0.717) is 39.5 Å². The number of ether oxygens (including phenoxy) is 3. The van der Waals surface area contributed by atoms with Crippen LogP contribution in [0, 0.1) is 11.3 Å². The summed E-state index contributed by atoms with van der Waals surface area (Å²) < 4.78 is 15.5. The predicted octanol–water partition coefficient (Wildman–Crippen LogP) is 1.08. The van der Waals surface area contributed by atoms with Crippen LogP contribution in [-0.4, -0.2) is 45.7 Å². The summed E-state index contributed by atoms with van der Waals surface area (Å²) in [5.74, 6) is 0. The number of hydrogen-bond acceptors (Lipinski definition) is 5. The standard InChI is InChI=1S/C12H24N2O3/c1-12(14,11-13)5-3-4-6-16-9-10-17-8-7-15-2/h3-10,14H2,1-2H3. The third-order valence-corrected chi connectivity index (χ3v) is 2.29. The molecular formula is C12H24N2O3. The molecule has 100 valence electrons. The maximum Gasteiger partial charge on any atom is 0.101 e. The second-order valence-corrected chi connectivity index (χ2v) is 4.20. The maximum atomic E-state index is 8.70. The first-order chi connectivity index (χ1) is 8.12. The lowest BCUT2D eigenvalue weighted by molar-refractivity contribution is 0.0238. The summed E-state index contributed by atoms with van der Waals surface area (Å²) >= 11 is 0. The van der Waals surface area contributed by atoms with Gasteiger partial charge in [-0.05, 0) is 26.2 Å². The van der Waals surface area contributed by atoms with Crippen LogP contribution in [0.1, 0.15) is 26.2 Å². The number of hydrogen-bond donors (Lipinski definition) is 1. The van der Waals surface area contributed by atoms with Crippen molar-refractivity contribution < 1.29 is 14.2 Å². The minimum atomic E-state index is -0.705. The molecule has 17 heavy (non-hydrogen) atoms. The van der Waals surface area contributed by atoms with E-state index in [9.17, 15) is 0 Å². The highest BCUT2D eigenvalue weighted by atomic mass is 16.5. The molecule has 1 unspecified atom stereocenters. The highest BCUT2D eigenvalue weighted by Crippen LogP contribution is 2.08. The molecule has 5 nitrogen and oxygen atoms in total. The second kappa shape index (κ2) is 10.5. The van der Waals surface area contributed by atoms with Crippen LogP contribution >= 0.6 is 0 Å². The monoisotopic (exact) mass is 244 g/mol. The average Bonchev–Trinajstić information content (AvgIpc) is 2.31. The summed E-state index contributed by atoms with van der Waals surface area (Å²) in [6, 6.07) is 2.08. The minimum absolute atomic E-state index is 0.593. The Morgan fingerprint density at radius 3 is 2.24 bits per heavy atom. The Bertz CT molecular complexity index is 214. The van der Waals surface area contributed by atoms with E-state index in [1.807, 2.05) is 0 Å². The lowest BCUT2D eigenvalue weighted by Crippen LogP contribution is -2.33. The SMILES string of the molecule is COCCOCCOCCCCC(C)(N)C#N. The van der Waals surface area contributed by atoms with Crippen molar-refractivity contribution in [1.29, 1.82) is 5.26 Å². The fraction of sp³-hybridized carbons (Fsp3) is 0.917. The molecule has 0 aromatic rings. The Hall–Kier alpha value is -0.670. The molecule has 0 heterocycles. The number of methoxy groups -OCH3 is 1. The smallest absolute Gasteiger partial charge is 0.101 e. The maximum absolute atomic E-state index is 8.70. The molecule has 5 heteroatoms. The van der Waals surface area contributed by atoms with E-state index in [0.717, 1.165) is 12.8 Å². The van der Waals surface area contributed by atoms with E-state index in [4.69, 9.17) is 25.2 Å². The predicted molar refractivity (Wildman–Crippen MR) is 65.6 cm³/mol. The van der Waals surface area contributed by atoms with Gasteiger partial charge < -0.3 is 19.9 Å². The van der Waals surface area contributed by atoms with E-state index in [1.165, 1.54) is 0 Å². The van der Waals surface area contributed by atoms with Gasteiger partial charge in [-0.2, -0.15) is 5.26 Å². The Labute approximate surface area is 104 Å². The molecule has 0 saturated carbocycles. The molecule has 0 fully saturated rings.